The summed E-state index contributed by atoms with van der Waals surface area (Å²) in [4.78, 5) is 12.4. The molecule has 0 saturated heterocycles. The predicted octanol–water partition coefficient (Wildman–Crippen LogP) is 1.78. The second-order valence-corrected chi connectivity index (χ2v) is 7.48. The second-order valence-electron chi connectivity index (χ2n) is 5.92. The highest BCUT2D eigenvalue weighted by molar-refractivity contribution is 7.89. The number of nitrogens with zero attached hydrogens (tertiary/aromatic N) is 1. The fraction of sp³-hybridized carbons (Fsp3) is 0.643. The van der Waals surface area contributed by atoms with Gasteiger partial charge in [-0.05, 0) is 32.8 Å². The van der Waals surface area contributed by atoms with Gasteiger partial charge in [0.1, 0.15) is 10.6 Å². The number of nitrogens with one attached hydrogen (secondary N) is 1. The number of hydrogen-bond acceptors (Lipinski definition) is 3. The van der Waals surface area contributed by atoms with Crippen molar-refractivity contribution in [2.75, 3.05) is 0 Å². The van der Waals surface area contributed by atoms with Crippen molar-refractivity contribution in [3.63, 3.8) is 0 Å². The van der Waals surface area contributed by atoms with Crippen LogP contribution in [0, 0.1) is 0 Å². The van der Waals surface area contributed by atoms with Crippen molar-refractivity contribution >= 4 is 15.9 Å². The molecule has 118 valence electrons. The quantitative estimate of drug-likeness (QED) is 0.887. The van der Waals surface area contributed by atoms with Crippen molar-refractivity contribution in [2.45, 2.75) is 62.9 Å². The number of rotatable bonds is 4. The van der Waals surface area contributed by atoms with Gasteiger partial charge in [-0.25, -0.2) is 13.6 Å². The topological polar surface area (TPSA) is 94.2 Å². The average molecular weight is 313 g/mol. The first-order valence-corrected chi connectivity index (χ1v) is 8.89. The van der Waals surface area contributed by atoms with E-state index < -0.39 is 10.0 Å². The molecule has 7 heteroatoms. The van der Waals surface area contributed by atoms with E-state index in [1.807, 2.05) is 13.8 Å². The van der Waals surface area contributed by atoms with Crippen LogP contribution in [0.3, 0.4) is 0 Å². The maximum Gasteiger partial charge on any atom is 0.268 e. The third-order valence-electron chi connectivity index (χ3n) is 3.88. The van der Waals surface area contributed by atoms with E-state index in [2.05, 4.69) is 5.32 Å². The summed E-state index contributed by atoms with van der Waals surface area (Å²) in [5.74, 6) is -0.231. The number of hydrogen-bond donors (Lipinski definition) is 2. The molecule has 6 nitrogen and oxygen atoms in total. The van der Waals surface area contributed by atoms with Gasteiger partial charge in [-0.3, -0.25) is 4.79 Å². The molecule has 1 aromatic rings. The zero-order valence-electron chi connectivity index (χ0n) is 12.5. The molecule has 0 unspecified atom stereocenters. The van der Waals surface area contributed by atoms with E-state index in [-0.39, 0.29) is 22.9 Å². The van der Waals surface area contributed by atoms with E-state index in [4.69, 9.17) is 5.14 Å². The normalized spacial score (nSPS) is 17.1. The monoisotopic (exact) mass is 313 g/mol. The minimum Gasteiger partial charge on any atom is -0.348 e. The van der Waals surface area contributed by atoms with E-state index in [1.54, 1.807) is 4.57 Å². The lowest BCUT2D eigenvalue weighted by atomic mass is 9.95. The molecule has 0 bridgehead atoms. The zero-order valence-corrected chi connectivity index (χ0v) is 13.3. The number of sulfonamides is 1. The smallest absolute Gasteiger partial charge is 0.268 e. The summed E-state index contributed by atoms with van der Waals surface area (Å²) in [6.07, 6.45) is 6.85. The van der Waals surface area contributed by atoms with Crippen LogP contribution in [0.1, 0.15) is 62.5 Å². The molecule has 2 rings (SSSR count). The Hall–Kier alpha value is -1.34. The van der Waals surface area contributed by atoms with Crippen LogP contribution < -0.4 is 10.5 Å². The number of nitrogens with two attached hydrogens (primary N) is 1. The van der Waals surface area contributed by atoms with Crippen molar-refractivity contribution in [1.82, 2.24) is 9.88 Å². The van der Waals surface area contributed by atoms with E-state index in [0.717, 1.165) is 25.7 Å². The molecule has 1 heterocycles. The molecule has 21 heavy (non-hydrogen) atoms. The summed E-state index contributed by atoms with van der Waals surface area (Å²) < 4.78 is 24.6. The summed E-state index contributed by atoms with van der Waals surface area (Å²) in [6, 6.07) is 1.51. The van der Waals surface area contributed by atoms with Crippen LogP contribution in [0.15, 0.2) is 17.2 Å². The lowest BCUT2D eigenvalue weighted by Crippen LogP contribution is -2.37. The second kappa shape index (κ2) is 6.19. The van der Waals surface area contributed by atoms with Crippen molar-refractivity contribution in [1.29, 1.82) is 0 Å². The molecule has 0 atom stereocenters. The van der Waals surface area contributed by atoms with Crippen LogP contribution in [-0.2, 0) is 10.0 Å². The Kier molecular flexibility index (Phi) is 4.73. The van der Waals surface area contributed by atoms with Gasteiger partial charge in [0.2, 0.25) is 10.0 Å². The molecule has 1 saturated carbocycles. The molecule has 1 aromatic heterocycles. The number of aromatic nitrogens is 1. The Labute approximate surface area is 125 Å². The SMILES string of the molecule is CC(C)n1cc(S(N)(=O)=O)cc1C(=O)NC1CCCCC1. The molecule has 1 aliphatic carbocycles. The maximum atomic E-state index is 12.4. The van der Waals surface area contributed by atoms with Crippen molar-refractivity contribution in [3.05, 3.63) is 18.0 Å². The third kappa shape index (κ3) is 3.85. The largest absolute Gasteiger partial charge is 0.348 e. The van der Waals surface area contributed by atoms with Crippen molar-refractivity contribution < 1.29 is 13.2 Å². The van der Waals surface area contributed by atoms with E-state index >= 15 is 0 Å². The van der Waals surface area contributed by atoms with Gasteiger partial charge < -0.3 is 9.88 Å². The molecular weight excluding hydrogens is 290 g/mol. The summed E-state index contributed by atoms with van der Waals surface area (Å²) in [5, 5.41) is 8.15. The van der Waals surface area contributed by atoms with Gasteiger partial charge in [-0.15, -0.1) is 0 Å². The van der Waals surface area contributed by atoms with Crippen molar-refractivity contribution in [3.8, 4) is 0 Å². The molecule has 1 fully saturated rings. The highest BCUT2D eigenvalue weighted by Crippen LogP contribution is 2.21. The van der Waals surface area contributed by atoms with Gasteiger partial charge in [-0.2, -0.15) is 0 Å². The van der Waals surface area contributed by atoms with Gasteiger partial charge in [-0.1, -0.05) is 19.3 Å². The summed E-state index contributed by atoms with van der Waals surface area (Å²) in [6.45, 7) is 3.79. The minimum absolute atomic E-state index is 0.0207. The Morgan fingerprint density at radius 2 is 1.95 bits per heavy atom. The van der Waals surface area contributed by atoms with E-state index in [1.165, 1.54) is 18.7 Å². The number of carbonyl (C=O) groups excluding carboxylic acids is 1. The van der Waals surface area contributed by atoms with Gasteiger partial charge >= 0.3 is 0 Å². The zero-order chi connectivity index (χ0) is 15.6. The fourth-order valence-electron chi connectivity index (χ4n) is 2.73. The molecule has 0 radical (unpaired) electrons. The first-order valence-electron chi connectivity index (χ1n) is 7.34. The maximum absolute atomic E-state index is 12.4. The minimum atomic E-state index is -3.81. The van der Waals surface area contributed by atoms with Crippen molar-refractivity contribution in [2.24, 2.45) is 5.14 Å². The van der Waals surface area contributed by atoms with Gasteiger partial charge in [0, 0.05) is 18.3 Å². The molecule has 0 spiro atoms. The summed E-state index contributed by atoms with van der Waals surface area (Å²) >= 11 is 0. The molecule has 1 amide bonds. The highest BCUT2D eigenvalue weighted by atomic mass is 32.2. The first-order chi connectivity index (χ1) is 9.79. The lowest BCUT2D eigenvalue weighted by Gasteiger charge is -2.23. The fourth-order valence-corrected chi connectivity index (χ4v) is 3.26. The Balaban J connectivity index is 2.24. The first kappa shape index (κ1) is 16.0. The molecule has 0 aliphatic heterocycles. The number of primary sulfonamides is 1. The molecule has 0 aromatic carbocycles. The van der Waals surface area contributed by atoms with E-state index in [0.29, 0.717) is 5.69 Å². The number of carbonyl (C=O) groups is 1. The van der Waals surface area contributed by atoms with E-state index in [9.17, 15) is 13.2 Å². The van der Waals surface area contributed by atoms with Crippen LogP contribution in [0.5, 0.6) is 0 Å². The Morgan fingerprint density at radius 1 is 1.33 bits per heavy atom. The Morgan fingerprint density at radius 3 is 2.48 bits per heavy atom. The van der Waals surface area contributed by atoms with Gasteiger partial charge in [0.15, 0.2) is 0 Å². The molecule has 1 aliphatic rings. The highest BCUT2D eigenvalue weighted by Gasteiger charge is 2.23. The molecule has 3 N–H and O–H groups in total. The predicted molar refractivity (Wildman–Crippen MR) is 80.5 cm³/mol. The third-order valence-corrected chi connectivity index (χ3v) is 4.76. The van der Waals surface area contributed by atoms with Crippen LogP contribution >= 0.6 is 0 Å². The average Bonchev–Trinajstić information content (AvgIpc) is 2.85. The standard InChI is InChI=1S/C14H23N3O3S/c1-10(2)17-9-12(21(15,19)20)8-13(17)14(18)16-11-6-4-3-5-7-11/h8-11H,3-7H2,1-2H3,(H,16,18)(H2,15,19,20). The summed E-state index contributed by atoms with van der Waals surface area (Å²) in [5.41, 5.74) is 0.347. The number of amides is 1. The van der Waals surface area contributed by atoms with Crippen LogP contribution in [-0.4, -0.2) is 24.9 Å². The lowest BCUT2D eigenvalue weighted by molar-refractivity contribution is 0.0916. The van der Waals surface area contributed by atoms with Crippen LogP contribution in [0.25, 0.3) is 0 Å². The van der Waals surface area contributed by atoms with Crippen LogP contribution in [0.4, 0.5) is 0 Å². The Bertz CT molecular complexity index is 613. The van der Waals surface area contributed by atoms with Gasteiger partial charge in [0.05, 0.1) is 0 Å². The van der Waals surface area contributed by atoms with Gasteiger partial charge in [0.25, 0.3) is 5.91 Å². The summed E-state index contributed by atoms with van der Waals surface area (Å²) in [7, 11) is -3.81. The molecular formula is C14H23N3O3S. The van der Waals surface area contributed by atoms with Crippen LogP contribution in [0.2, 0.25) is 0 Å².